The van der Waals surface area contributed by atoms with Crippen molar-refractivity contribution in [1.29, 1.82) is 0 Å². The fourth-order valence-electron chi connectivity index (χ4n) is 1.40. The summed E-state index contributed by atoms with van der Waals surface area (Å²) in [4.78, 5) is 23.4. The molecule has 0 atom stereocenters. The number of nitrogens with zero attached hydrogens (tertiary/aromatic N) is 4. The molecule has 2 heterocycles. The lowest BCUT2D eigenvalue weighted by Crippen LogP contribution is -2.19. The monoisotopic (exact) mass is 235 g/mol. The lowest BCUT2D eigenvalue weighted by Gasteiger charge is -2.11. The fourth-order valence-corrected chi connectivity index (χ4v) is 1.40. The van der Waals surface area contributed by atoms with Crippen LogP contribution in [0.1, 0.15) is 13.8 Å². The van der Waals surface area contributed by atoms with Crippen molar-refractivity contribution in [1.82, 2.24) is 19.5 Å². The van der Waals surface area contributed by atoms with Gasteiger partial charge in [-0.2, -0.15) is 9.97 Å². The average Bonchev–Trinajstić information content (AvgIpc) is 2.23. The minimum atomic E-state index is -0.258. The summed E-state index contributed by atoms with van der Waals surface area (Å²) in [5, 5.41) is 0. The van der Waals surface area contributed by atoms with Gasteiger partial charge in [-0.3, -0.25) is 9.36 Å². The summed E-state index contributed by atoms with van der Waals surface area (Å²) >= 11 is 0. The first-order valence-corrected chi connectivity index (χ1v) is 5.15. The molecule has 0 spiro atoms. The van der Waals surface area contributed by atoms with Crippen molar-refractivity contribution >= 4 is 17.1 Å². The number of nitrogens with two attached hydrogens (primary N) is 1. The Labute approximate surface area is 97.3 Å². The first kappa shape index (κ1) is 11.3. The largest absolute Gasteiger partial charge is 0.473 e. The smallest absolute Gasteiger partial charge is 0.270 e. The molecule has 0 radical (unpaired) electrons. The molecule has 0 aliphatic carbocycles. The van der Waals surface area contributed by atoms with Crippen molar-refractivity contribution in [3.63, 3.8) is 0 Å². The minimum absolute atomic E-state index is 0.0520. The van der Waals surface area contributed by atoms with E-state index < -0.39 is 0 Å². The summed E-state index contributed by atoms with van der Waals surface area (Å²) in [5.41, 5.74) is 6.10. The highest BCUT2D eigenvalue weighted by molar-refractivity contribution is 5.76. The van der Waals surface area contributed by atoms with E-state index in [1.54, 1.807) is 7.05 Å². The van der Waals surface area contributed by atoms with E-state index in [0.717, 1.165) is 0 Å². The Morgan fingerprint density at radius 3 is 2.76 bits per heavy atom. The van der Waals surface area contributed by atoms with Crippen LogP contribution >= 0.6 is 0 Å². The first-order chi connectivity index (χ1) is 7.99. The highest BCUT2D eigenvalue weighted by Gasteiger charge is 2.13. The number of hydrogen-bond donors (Lipinski definition) is 1. The molecule has 90 valence electrons. The molecule has 2 aromatic heterocycles. The molecule has 17 heavy (non-hydrogen) atoms. The number of ether oxygens (including phenoxy) is 1. The molecule has 0 saturated heterocycles. The molecular weight excluding hydrogens is 222 g/mol. The molecule has 0 amide bonds. The van der Waals surface area contributed by atoms with Crippen molar-refractivity contribution < 1.29 is 4.74 Å². The number of rotatable bonds is 2. The molecular formula is C10H13N5O2. The van der Waals surface area contributed by atoms with Crippen LogP contribution in [-0.2, 0) is 7.05 Å². The van der Waals surface area contributed by atoms with Crippen LogP contribution in [0, 0.1) is 0 Å². The van der Waals surface area contributed by atoms with Gasteiger partial charge in [0.15, 0.2) is 11.2 Å². The van der Waals surface area contributed by atoms with Crippen LogP contribution in [0.25, 0.3) is 11.2 Å². The highest BCUT2D eigenvalue weighted by atomic mass is 16.5. The van der Waals surface area contributed by atoms with Gasteiger partial charge in [-0.1, -0.05) is 0 Å². The summed E-state index contributed by atoms with van der Waals surface area (Å²) in [6.07, 6.45) is 1.14. The zero-order valence-corrected chi connectivity index (χ0v) is 9.84. The Kier molecular flexibility index (Phi) is 2.66. The van der Waals surface area contributed by atoms with E-state index in [2.05, 4.69) is 15.0 Å². The standard InChI is InChI=1S/C10H13N5O2/c1-5(2)17-9-7-8(13-10(11)14-9)15(3)6(16)4-12-7/h4-5H,1-3H3,(H2,11,13,14). The molecule has 0 fully saturated rings. The molecule has 0 bridgehead atoms. The number of hydrogen-bond acceptors (Lipinski definition) is 6. The zero-order valence-electron chi connectivity index (χ0n) is 9.84. The van der Waals surface area contributed by atoms with Gasteiger partial charge in [0, 0.05) is 7.05 Å². The lowest BCUT2D eigenvalue weighted by molar-refractivity contribution is 0.235. The van der Waals surface area contributed by atoms with Gasteiger partial charge in [0.1, 0.15) is 0 Å². The van der Waals surface area contributed by atoms with Crippen LogP contribution < -0.4 is 16.0 Å². The summed E-state index contributed by atoms with van der Waals surface area (Å²) in [6, 6.07) is 0. The molecule has 0 unspecified atom stereocenters. The molecule has 7 nitrogen and oxygen atoms in total. The van der Waals surface area contributed by atoms with Crippen molar-refractivity contribution in [2.45, 2.75) is 20.0 Å². The second-order valence-electron chi connectivity index (χ2n) is 3.88. The van der Waals surface area contributed by atoms with E-state index in [4.69, 9.17) is 10.5 Å². The van der Waals surface area contributed by atoms with Gasteiger partial charge < -0.3 is 10.5 Å². The van der Waals surface area contributed by atoms with Crippen molar-refractivity contribution in [3.05, 3.63) is 16.6 Å². The van der Waals surface area contributed by atoms with Crippen molar-refractivity contribution in [2.24, 2.45) is 7.05 Å². The van der Waals surface area contributed by atoms with Crippen molar-refractivity contribution in [2.75, 3.05) is 5.73 Å². The van der Waals surface area contributed by atoms with E-state index in [0.29, 0.717) is 11.2 Å². The van der Waals surface area contributed by atoms with E-state index in [1.165, 1.54) is 10.8 Å². The molecule has 2 rings (SSSR count). The summed E-state index contributed by atoms with van der Waals surface area (Å²) in [7, 11) is 1.60. The van der Waals surface area contributed by atoms with Gasteiger partial charge in [-0.15, -0.1) is 0 Å². The second-order valence-corrected chi connectivity index (χ2v) is 3.88. The molecule has 0 saturated carbocycles. The Bertz CT molecular complexity index is 620. The highest BCUT2D eigenvalue weighted by Crippen LogP contribution is 2.20. The molecule has 7 heteroatoms. The van der Waals surface area contributed by atoms with Crippen molar-refractivity contribution in [3.8, 4) is 5.88 Å². The van der Waals surface area contributed by atoms with Crippen LogP contribution in [0.3, 0.4) is 0 Å². The fraction of sp³-hybridized carbons (Fsp3) is 0.400. The van der Waals surface area contributed by atoms with Crippen LogP contribution in [0.2, 0.25) is 0 Å². The van der Waals surface area contributed by atoms with Crippen LogP contribution in [0.15, 0.2) is 11.0 Å². The quantitative estimate of drug-likeness (QED) is 0.792. The maximum atomic E-state index is 11.4. The third kappa shape index (κ3) is 2.03. The molecule has 0 aliphatic heterocycles. The molecule has 0 aliphatic rings. The third-order valence-electron chi connectivity index (χ3n) is 2.15. The Balaban J connectivity index is 2.77. The lowest BCUT2D eigenvalue weighted by atomic mass is 10.4. The van der Waals surface area contributed by atoms with Crippen LogP contribution in [-0.4, -0.2) is 25.6 Å². The van der Waals surface area contributed by atoms with E-state index in [1.807, 2.05) is 13.8 Å². The van der Waals surface area contributed by atoms with Gasteiger partial charge in [0.05, 0.1) is 12.3 Å². The Morgan fingerprint density at radius 2 is 2.12 bits per heavy atom. The average molecular weight is 235 g/mol. The maximum absolute atomic E-state index is 11.4. The van der Waals surface area contributed by atoms with E-state index in [9.17, 15) is 4.79 Å². The van der Waals surface area contributed by atoms with Gasteiger partial charge in [0.2, 0.25) is 11.8 Å². The van der Waals surface area contributed by atoms with Gasteiger partial charge in [-0.25, -0.2) is 4.98 Å². The SMILES string of the molecule is CC(C)Oc1nc(N)nc2c1ncc(=O)n2C. The van der Waals surface area contributed by atoms with Gasteiger partial charge in [0.25, 0.3) is 5.56 Å². The zero-order chi connectivity index (χ0) is 12.6. The predicted octanol–water partition coefficient (Wildman–Crippen LogP) is 0.0929. The first-order valence-electron chi connectivity index (χ1n) is 5.15. The minimum Gasteiger partial charge on any atom is -0.473 e. The van der Waals surface area contributed by atoms with E-state index >= 15 is 0 Å². The molecule has 2 N–H and O–H groups in total. The third-order valence-corrected chi connectivity index (χ3v) is 2.15. The molecule has 2 aromatic rings. The number of anilines is 1. The Morgan fingerprint density at radius 1 is 1.41 bits per heavy atom. The topological polar surface area (TPSA) is 95.9 Å². The van der Waals surface area contributed by atoms with Crippen LogP contribution in [0.5, 0.6) is 5.88 Å². The number of fused-ring (bicyclic) bond motifs is 1. The Hall–Kier alpha value is -2.18. The normalized spacial score (nSPS) is 11.1. The summed E-state index contributed by atoms with van der Waals surface area (Å²) in [5.74, 6) is 0.342. The van der Waals surface area contributed by atoms with Gasteiger partial charge in [-0.05, 0) is 13.8 Å². The van der Waals surface area contributed by atoms with Crippen LogP contribution in [0.4, 0.5) is 5.95 Å². The number of aryl methyl sites for hydroxylation is 1. The maximum Gasteiger partial charge on any atom is 0.270 e. The summed E-state index contributed by atoms with van der Waals surface area (Å²) < 4.78 is 6.85. The number of aromatic nitrogens is 4. The van der Waals surface area contributed by atoms with E-state index in [-0.39, 0.29) is 23.5 Å². The molecule has 0 aromatic carbocycles. The number of nitrogen functional groups attached to an aromatic ring is 1. The predicted molar refractivity (Wildman–Crippen MR) is 62.8 cm³/mol. The summed E-state index contributed by atoms with van der Waals surface area (Å²) in [6.45, 7) is 3.73. The second kappa shape index (κ2) is 4.00. The van der Waals surface area contributed by atoms with Gasteiger partial charge >= 0.3 is 0 Å².